The number of halogens is 6. The molecule has 3 amide bonds. The number of hydrogen-bond donors (Lipinski definition) is 1. The van der Waals surface area contributed by atoms with Crippen molar-refractivity contribution in [3.63, 3.8) is 0 Å². The molecule has 1 saturated heterocycles. The summed E-state index contributed by atoms with van der Waals surface area (Å²) in [6.07, 6.45) is 0.760. The largest absolute Gasteiger partial charge is 0.322 e. The lowest BCUT2D eigenvalue weighted by molar-refractivity contribution is -0.123. The maximum Gasteiger partial charge on any atom is 0.255 e. The highest BCUT2D eigenvalue weighted by Crippen LogP contribution is 2.77. The van der Waals surface area contributed by atoms with E-state index in [1.165, 1.54) is 24.3 Å². The number of nitrogens with zero attached hydrogens (tertiary/aromatic N) is 1. The number of fused-ring (bicyclic) bond motifs is 5. The Morgan fingerprint density at radius 1 is 0.886 bits per heavy atom. The van der Waals surface area contributed by atoms with Gasteiger partial charge >= 0.3 is 0 Å². The fourth-order valence-corrected chi connectivity index (χ4v) is 8.09. The summed E-state index contributed by atoms with van der Waals surface area (Å²) in [6, 6.07) is 13.5. The zero-order valence-corrected chi connectivity index (χ0v) is 22.5. The number of hydrogen-bond acceptors (Lipinski definition) is 3. The number of para-hydroxylation sites is 1. The molecule has 4 atom stereocenters. The molecule has 0 unspecified atom stereocenters. The van der Waals surface area contributed by atoms with Crippen LogP contribution in [0, 0.1) is 11.8 Å². The number of anilines is 2. The second-order valence-electron chi connectivity index (χ2n) is 8.60. The summed E-state index contributed by atoms with van der Waals surface area (Å²) in [5, 5.41) is 2.58. The number of carbonyl (C=O) groups is 3. The lowest BCUT2D eigenvalue weighted by Gasteiger charge is -2.34. The van der Waals surface area contributed by atoms with E-state index >= 15 is 0 Å². The topological polar surface area (TPSA) is 66.5 Å². The molecule has 0 aromatic heterocycles. The van der Waals surface area contributed by atoms with Crippen LogP contribution in [-0.2, 0) is 16.0 Å². The Bertz CT molecular complexity index is 1280. The minimum Gasteiger partial charge on any atom is -0.322 e. The monoisotopic (exact) mass is 590 g/mol. The first kappa shape index (κ1) is 25.2. The van der Waals surface area contributed by atoms with Crippen molar-refractivity contribution >= 4 is 98.7 Å². The number of alkyl halides is 4. The third-order valence-corrected chi connectivity index (χ3v) is 11.2. The molecule has 1 saturated carbocycles. The minimum absolute atomic E-state index is 0.149. The van der Waals surface area contributed by atoms with E-state index in [4.69, 9.17) is 69.6 Å². The van der Waals surface area contributed by atoms with E-state index in [0.717, 1.165) is 16.9 Å². The van der Waals surface area contributed by atoms with Crippen LogP contribution in [0.3, 0.4) is 0 Å². The second-order valence-corrected chi connectivity index (χ2v) is 11.9. The van der Waals surface area contributed by atoms with Gasteiger partial charge in [0.05, 0.1) is 27.6 Å². The lowest BCUT2D eigenvalue weighted by atomic mass is 9.84. The van der Waals surface area contributed by atoms with E-state index in [1.54, 1.807) is 0 Å². The molecule has 0 spiro atoms. The van der Waals surface area contributed by atoms with Crippen molar-refractivity contribution in [1.82, 2.24) is 0 Å². The van der Waals surface area contributed by atoms with E-state index in [2.05, 4.69) is 5.32 Å². The number of imide groups is 1. The first-order chi connectivity index (χ1) is 16.4. The Labute approximate surface area is 231 Å². The van der Waals surface area contributed by atoms with Crippen molar-refractivity contribution in [3.05, 3.63) is 69.7 Å². The number of amides is 3. The van der Waals surface area contributed by atoms with Crippen LogP contribution in [0.1, 0.15) is 22.8 Å². The van der Waals surface area contributed by atoms with Gasteiger partial charge in [0.25, 0.3) is 5.91 Å². The van der Waals surface area contributed by atoms with Gasteiger partial charge in [0, 0.05) is 11.3 Å². The molecular formula is C24H16Cl6N2O3. The normalized spacial score (nSPS) is 30.8. The number of carbonyl (C=O) groups excluding carboxylic acids is 3. The molecule has 182 valence electrons. The summed E-state index contributed by atoms with van der Waals surface area (Å²) in [7, 11) is 0. The molecule has 1 heterocycles. The third-order valence-electron chi connectivity index (χ3n) is 6.94. The van der Waals surface area contributed by atoms with Gasteiger partial charge in [-0.25, -0.2) is 4.90 Å². The average molecular weight is 593 g/mol. The van der Waals surface area contributed by atoms with Crippen LogP contribution >= 0.6 is 69.6 Å². The van der Waals surface area contributed by atoms with Gasteiger partial charge in [-0.1, -0.05) is 71.5 Å². The summed E-state index contributed by atoms with van der Waals surface area (Å²) < 4.78 is -1.99. The van der Waals surface area contributed by atoms with Crippen molar-refractivity contribution in [2.45, 2.75) is 27.4 Å². The summed E-state index contributed by atoms with van der Waals surface area (Å²) in [5.41, 5.74) is 2.29. The number of nitrogens with one attached hydrogen (secondary N) is 1. The molecule has 11 heteroatoms. The van der Waals surface area contributed by atoms with Crippen LogP contribution in [-0.4, -0.2) is 31.8 Å². The Balaban J connectivity index is 1.44. The highest BCUT2D eigenvalue weighted by molar-refractivity contribution is 6.67. The van der Waals surface area contributed by atoms with Gasteiger partial charge in [0.1, 0.15) is 9.75 Å². The van der Waals surface area contributed by atoms with E-state index in [1.807, 2.05) is 31.2 Å². The number of benzene rings is 2. The maximum atomic E-state index is 13.4. The van der Waals surface area contributed by atoms with Gasteiger partial charge in [-0.05, 0) is 42.3 Å². The van der Waals surface area contributed by atoms with Gasteiger partial charge in [-0.15, -0.1) is 23.2 Å². The number of aryl methyl sites for hydroxylation is 1. The van der Waals surface area contributed by atoms with E-state index in [0.29, 0.717) is 11.3 Å². The quantitative estimate of drug-likeness (QED) is 0.328. The van der Waals surface area contributed by atoms with Crippen molar-refractivity contribution in [3.8, 4) is 0 Å². The van der Waals surface area contributed by atoms with Crippen molar-refractivity contribution < 1.29 is 14.4 Å². The number of allylic oxidation sites excluding steroid dienone is 2. The Hall–Kier alpha value is -1.47. The molecule has 2 bridgehead atoms. The molecule has 2 fully saturated rings. The van der Waals surface area contributed by atoms with Crippen molar-refractivity contribution in [2.24, 2.45) is 11.8 Å². The van der Waals surface area contributed by atoms with E-state index in [-0.39, 0.29) is 21.7 Å². The van der Waals surface area contributed by atoms with Crippen LogP contribution < -0.4 is 10.2 Å². The molecule has 35 heavy (non-hydrogen) atoms. The van der Waals surface area contributed by atoms with Gasteiger partial charge in [-0.3, -0.25) is 14.4 Å². The molecular weight excluding hydrogens is 577 g/mol. The minimum atomic E-state index is -1.99. The average Bonchev–Trinajstić information content (AvgIpc) is 3.23. The first-order valence-electron chi connectivity index (χ1n) is 10.6. The SMILES string of the molecule is CCc1ccccc1NC(=O)c1ccc(N2C(=O)[C@@H]3[C@@H](C2=O)[C@@]2(Cl)C(Cl)=C(Cl)[C@@]3(Cl)C2(Cl)Cl)cc1. The van der Waals surface area contributed by atoms with Gasteiger partial charge < -0.3 is 5.32 Å². The summed E-state index contributed by atoms with van der Waals surface area (Å²) >= 11 is 39.1. The van der Waals surface area contributed by atoms with E-state index in [9.17, 15) is 14.4 Å². The zero-order chi connectivity index (χ0) is 25.5. The highest BCUT2D eigenvalue weighted by Gasteiger charge is 2.87. The van der Waals surface area contributed by atoms with Gasteiger partial charge in [0.2, 0.25) is 11.8 Å². The van der Waals surface area contributed by atoms with Gasteiger partial charge in [-0.2, -0.15) is 0 Å². The molecule has 5 rings (SSSR count). The highest BCUT2D eigenvalue weighted by atomic mass is 35.5. The van der Waals surface area contributed by atoms with Gasteiger partial charge in [0.15, 0.2) is 4.33 Å². The summed E-state index contributed by atoms with van der Waals surface area (Å²) in [5.74, 6) is -4.07. The summed E-state index contributed by atoms with van der Waals surface area (Å²) in [6.45, 7) is 2.00. The van der Waals surface area contributed by atoms with Crippen LogP contribution in [0.25, 0.3) is 0 Å². The zero-order valence-electron chi connectivity index (χ0n) is 17.9. The fraction of sp³-hybridized carbons (Fsp3) is 0.292. The molecule has 2 aromatic carbocycles. The third kappa shape index (κ3) is 3.06. The molecule has 5 nitrogen and oxygen atoms in total. The smallest absolute Gasteiger partial charge is 0.255 e. The van der Waals surface area contributed by atoms with Crippen molar-refractivity contribution in [1.29, 1.82) is 0 Å². The molecule has 3 aliphatic rings. The first-order valence-corrected chi connectivity index (χ1v) is 12.9. The molecule has 2 aromatic rings. The number of rotatable bonds is 4. The van der Waals surface area contributed by atoms with E-state index < -0.39 is 37.7 Å². The maximum absolute atomic E-state index is 13.4. The Morgan fingerprint density at radius 3 is 1.91 bits per heavy atom. The molecule has 1 aliphatic heterocycles. The lowest BCUT2D eigenvalue weighted by Crippen LogP contribution is -2.50. The predicted octanol–water partition coefficient (Wildman–Crippen LogP) is 6.45. The van der Waals surface area contributed by atoms with Crippen molar-refractivity contribution in [2.75, 3.05) is 10.2 Å². The standard InChI is InChI=1S/C24H16Cl6N2O3/c1-2-11-5-3-4-6-14(11)31-19(33)12-7-9-13(10-8-12)32-20(34)15-16(21(32)35)23(28)18(26)17(25)22(15,27)24(23,29)30/h3-10,15-16H,2H2,1H3,(H,31,33)/t15-,16-,22+,23+/m0/s1. The molecule has 2 aliphatic carbocycles. The van der Waals surface area contributed by atoms with Crippen LogP contribution in [0.15, 0.2) is 58.6 Å². The summed E-state index contributed by atoms with van der Waals surface area (Å²) in [4.78, 5) is 36.9. The van der Waals surface area contributed by atoms with Crippen LogP contribution in [0.4, 0.5) is 11.4 Å². The Morgan fingerprint density at radius 2 is 1.40 bits per heavy atom. The molecule has 0 radical (unpaired) electrons. The van der Waals surface area contributed by atoms with Crippen LogP contribution in [0.2, 0.25) is 0 Å². The molecule has 1 N–H and O–H groups in total. The Kier molecular flexibility index (Phi) is 5.95. The fourth-order valence-electron chi connectivity index (χ4n) is 5.16. The predicted molar refractivity (Wildman–Crippen MR) is 140 cm³/mol. The second kappa shape index (κ2) is 8.27. The van der Waals surface area contributed by atoms with Crippen LogP contribution in [0.5, 0.6) is 0 Å².